The van der Waals surface area contributed by atoms with Gasteiger partial charge in [-0.1, -0.05) is 24.3 Å². The Morgan fingerprint density at radius 2 is 2.04 bits per heavy atom. The molecule has 4 heteroatoms. The molecule has 4 nitrogen and oxygen atoms in total. The lowest BCUT2D eigenvalue weighted by atomic mass is 10.1. The minimum absolute atomic E-state index is 0.0256. The monoisotopic (exact) mass is 306 g/mol. The van der Waals surface area contributed by atoms with Gasteiger partial charge in [-0.05, 0) is 42.2 Å². The summed E-state index contributed by atoms with van der Waals surface area (Å²) in [5, 5.41) is 0. The molecule has 0 N–H and O–H groups in total. The third-order valence-electron chi connectivity index (χ3n) is 4.66. The summed E-state index contributed by atoms with van der Waals surface area (Å²) in [6, 6.07) is 15.8. The average molecular weight is 306 g/mol. The van der Waals surface area contributed by atoms with Crippen LogP contribution >= 0.6 is 0 Å². The van der Waals surface area contributed by atoms with Crippen LogP contribution in [0.2, 0.25) is 0 Å². The van der Waals surface area contributed by atoms with Crippen molar-refractivity contribution in [3.8, 4) is 5.75 Å². The summed E-state index contributed by atoms with van der Waals surface area (Å²) < 4.78 is 7.17. The van der Waals surface area contributed by atoms with E-state index in [0.29, 0.717) is 5.82 Å². The molecule has 2 aromatic carbocycles. The van der Waals surface area contributed by atoms with Crippen LogP contribution in [0.25, 0.3) is 11.0 Å². The zero-order valence-corrected chi connectivity index (χ0v) is 13.2. The van der Waals surface area contributed by atoms with Gasteiger partial charge in [-0.15, -0.1) is 0 Å². The van der Waals surface area contributed by atoms with E-state index in [1.54, 1.807) is 7.11 Å². The molecule has 3 aromatic rings. The molecule has 23 heavy (non-hydrogen) atoms. The molecule has 0 saturated heterocycles. The number of fused-ring (bicyclic) bond motifs is 1. The lowest BCUT2D eigenvalue weighted by molar-refractivity contribution is 0.0952. The second-order valence-corrected chi connectivity index (χ2v) is 6.07. The highest BCUT2D eigenvalue weighted by molar-refractivity contribution is 6.00. The van der Waals surface area contributed by atoms with E-state index in [4.69, 9.17) is 4.74 Å². The summed E-state index contributed by atoms with van der Waals surface area (Å²) in [5.74, 6) is 1.83. The number of hydrogen-bond donors (Lipinski definition) is 0. The normalized spacial score (nSPS) is 19.7. The van der Waals surface area contributed by atoms with Crippen molar-refractivity contribution in [2.24, 2.45) is 13.0 Å². The van der Waals surface area contributed by atoms with E-state index in [-0.39, 0.29) is 17.6 Å². The van der Waals surface area contributed by atoms with E-state index in [9.17, 15) is 4.79 Å². The molecule has 2 atom stereocenters. The van der Waals surface area contributed by atoms with Gasteiger partial charge >= 0.3 is 0 Å². The van der Waals surface area contributed by atoms with Crippen LogP contribution in [0.1, 0.15) is 28.5 Å². The number of carbonyl (C=O) groups is 1. The van der Waals surface area contributed by atoms with Gasteiger partial charge in [-0.2, -0.15) is 0 Å². The molecule has 0 spiro atoms. The summed E-state index contributed by atoms with van der Waals surface area (Å²) in [6.07, 6.45) is 0.884. The van der Waals surface area contributed by atoms with Gasteiger partial charge in [-0.25, -0.2) is 4.98 Å². The first kappa shape index (κ1) is 14.0. The number of ether oxygens (including phenoxy) is 1. The minimum atomic E-state index is 0.0256. The molecule has 1 saturated carbocycles. The molecular formula is C19H18N2O2. The van der Waals surface area contributed by atoms with Gasteiger partial charge in [0.1, 0.15) is 5.75 Å². The third-order valence-corrected chi connectivity index (χ3v) is 4.66. The van der Waals surface area contributed by atoms with Crippen LogP contribution in [-0.4, -0.2) is 22.4 Å². The number of para-hydroxylation sites is 2. The third kappa shape index (κ3) is 2.31. The number of aryl methyl sites for hydroxylation is 1. The minimum Gasteiger partial charge on any atom is -0.497 e. The molecule has 0 radical (unpaired) electrons. The molecule has 1 fully saturated rings. The fourth-order valence-corrected chi connectivity index (χ4v) is 3.26. The molecule has 0 aliphatic heterocycles. The van der Waals surface area contributed by atoms with E-state index < -0.39 is 0 Å². The van der Waals surface area contributed by atoms with Crippen molar-refractivity contribution in [1.29, 1.82) is 0 Å². The van der Waals surface area contributed by atoms with Crippen molar-refractivity contribution < 1.29 is 9.53 Å². The number of hydrogen-bond acceptors (Lipinski definition) is 3. The fraction of sp³-hybridized carbons (Fsp3) is 0.263. The topological polar surface area (TPSA) is 44.1 Å². The second kappa shape index (κ2) is 5.23. The van der Waals surface area contributed by atoms with Gasteiger partial charge in [-0.3, -0.25) is 4.79 Å². The number of ketones is 1. The van der Waals surface area contributed by atoms with Gasteiger partial charge in [0.2, 0.25) is 5.78 Å². The number of Topliss-reactive ketones (excluding diaryl/α,β-unsaturated/α-hetero) is 1. The number of carbonyl (C=O) groups excluding carboxylic acids is 1. The van der Waals surface area contributed by atoms with Gasteiger partial charge in [0, 0.05) is 13.0 Å². The quantitative estimate of drug-likeness (QED) is 0.692. The summed E-state index contributed by atoms with van der Waals surface area (Å²) >= 11 is 0. The zero-order valence-electron chi connectivity index (χ0n) is 13.2. The Morgan fingerprint density at radius 3 is 2.83 bits per heavy atom. The Labute approximate surface area is 134 Å². The predicted octanol–water partition coefficient (Wildman–Crippen LogP) is 3.57. The van der Waals surface area contributed by atoms with Crippen LogP contribution in [0, 0.1) is 5.92 Å². The van der Waals surface area contributed by atoms with Crippen molar-refractivity contribution in [3.05, 3.63) is 59.9 Å². The van der Waals surface area contributed by atoms with Crippen molar-refractivity contribution in [3.63, 3.8) is 0 Å². The highest BCUT2D eigenvalue weighted by atomic mass is 16.5. The van der Waals surface area contributed by atoms with Crippen LogP contribution in [0.4, 0.5) is 0 Å². The van der Waals surface area contributed by atoms with Crippen molar-refractivity contribution in [2.45, 2.75) is 12.3 Å². The van der Waals surface area contributed by atoms with Crippen molar-refractivity contribution >= 4 is 16.8 Å². The molecular weight excluding hydrogens is 288 g/mol. The van der Waals surface area contributed by atoms with E-state index in [1.165, 1.54) is 5.56 Å². The Hall–Kier alpha value is -2.62. The van der Waals surface area contributed by atoms with Gasteiger partial charge in [0.25, 0.3) is 0 Å². The van der Waals surface area contributed by atoms with Crippen LogP contribution in [-0.2, 0) is 7.05 Å². The Kier molecular flexibility index (Phi) is 3.18. The second-order valence-electron chi connectivity index (χ2n) is 6.07. The first-order chi connectivity index (χ1) is 11.2. The maximum absolute atomic E-state index is 12.8. The van der Waals surface area contributed by atoms with Gasteiger partial charge < -0.3 is 9.30 Å². The number of nitrogens with zero attached hydrogens (tertiary/aromatic N) is 2. The molecule has 2 unspecified atom stereocenters. The Balaban J connectivity index is 1.61. The van der Waals surface area contributed by atoms with E-state index in [1.807, 2.05) is 54.1 Å². The SMILES string of the molecule is COc1cccc(C2CC2C(=O)c2nc3ccccc3n2C)c1. The van der Waals surface area contributed by atoms with Crippen molar-refractivity contribution in [2.75, 3.05) is 7.11 Å². The smallest absolute Gasteiger partial charge is 0.201 e. The molecule has 4 rings (SSSR count). The standard InChI is InChI=1S/C19H18N2O2/c1-21-17-9-4-3-8-16(17)20-19(21)18(22)15-11-14(15)12-6-5-7-13(10-12)23-2/h3-10,14-15H,11H2,1-2H3. The number of benzene rings is 2. The highest BCUT2D eigenvalue weighted by Crippen LogP contribution is 2.49. The van der Waals surface area contributed by atoms with Crippen LogP contribution in [0.15, 0.2) is 48.5 Å². The molecule has 1 aliphatic carbocycles. The molecule has 0 bridgehead atoms. The molecule has 116 valence electrons. The number of rotatable bonds is 4. The van der Waals surface area contributed by atoms with Crippen LogP contribution < -0.4 is 4.74 Å². The number of aromatic nitrogens is 2. The lowest BCUT2D eigenvalue weighted by Crippen LogP contribution is -2.10. The molecule has 1 aliphatic rings. The van der Waals surface area contributed by atoms with Crippen molar-refractivity contribution in [1.82, 2.24) is 9.55 Å². The van der Waals surface area contributed by atoms with Crippen LogP contribution in [0.3, 0.4) is 0 Å². The summed E-state index contributed by atoms with van der Waals surface area (Å²) in [7, 11) is 3.57. The highest BCUT2D eigenvalue weighted by Gasteiger charge is 2.45. The van der Waals surface area contributed by atoms with Gasteiger partial charge in [0.15, 0.2) is 5.82 Å². The molecule has 0 amide bonds. The van der Waals surface area contributed by atoms with E-state index >= 15 is 0 Å². The van der Waals surface area contributed by atoms with E-state index in [0.717, 1.165) is 23.2 Å². The number of methoxy groups -OCH3 is 1. The van der Waals surface area contributed by atoms with Crippen LogP contribution in [0.5, 0.6) is 5.75 Å². The first-order valence-electron chi connectivity index (χ1n) is 7.78. The average Bonchev–Trinajstić information content (AvgIpc) is 3.33. The fourth-order valence-electron chi connectivity index (χ4n) is 3.26. The largest absolute Gasteiger partial charge is 0.497 e. The molecule has 1 heterocycles. The number of imidazole rings is 1. The molecule has 1 aromatic heterocycles. The predicted molar refractivity (Wildman–Crippen MR) is 88.9 cm³/mol. The Bertz CT molecular complexity index is 897. The maximum atomic E-state index is 12.8. The maximum Gasteiger partial charge on any atom is 0.201 e. The lowest BCUT2D eigenvalue weighted by Gasteiger charge is -2.04. The van der Waals surface area contributed by atoms with Gasteiger partial charge in [0.05, 0.1) is 18.1 Å². The zero-order chi connectivity index (χ0) is 16.0. The first-order valence-corrected chi connectivity index (χ1v) is 7.78. The summed E-state index contributed by atoms with van der Waals surface area (Å²) in [6.45, 7) is 0. The Morgan fingerprint density at radius 1 is 1.22 bits per heavy atom. The summed E-state index contributed by atoms with van der Waals surface area (Å²) in [5.41, 5.74) is 3.04. The van der Waals surface area contributed by atoms with E-state index in [2.05, 4.69) is 11.1 Å². The summed E-state index contributed by atoms with van der Waals surface area (Å²) in [4.78, 5) is 17.3.